The summed E-state index contributed by atoms with van der Waals surface area (Å²) in [5.41, 5.74) is 2.84. The van der Waals surface area contributed by atoms with Crippen molar-refractivity contribution in [2.75, 3.05) is 5.32 Å². The Hall–Kier alpha value is -1.32. The maximum atomic E-state index is 12.2. The van der Waals surface area contributed by atoms with E-state index < -0.39 is 0 Å². The molecular formula is C15H16ClNOS. The average Bonchev–Trinajstić information content (AvgIpc) is 2.76. The van der Waals surface area contributed by atoms with Crippen LogP contribution in [0.3, 0.4) is 0 Å². The van der Waals surface area contributed by atoms with Gasteiger partial charge in [-0.1, -0.05) is 24.6 Å². The van der Waals surface area contributed by atoms with Crippen LogP contribution in [0.5, 0.6) is 0 Å². The van der Waals surface area contributed by atoms with Gasteiger partial charge in [0.1, 0.15) is 0 Å². The van der Waals surface area contributed by atoms with Gasteiger partial charge in [-0.15, -0.1) is 11.3 Å². The fraction of sp³-hybridized carbons (Fsp3) is 0.267. The minimum atomic E-state index is -0.0711. The van der Waals surface area contributed by atoms with Crippen LogP contribution in [-0.4, -0.2) is 5.91 Å². The highest BCUT2D eigenvalue weighted by molar-refractivity contribution is 7.14. The van der Waals surface area contributed by atoms with E-state index in [1.54, 1.807) is 11.3 Å². The quantitative estimate of drug-likeness (QED) is 0.862. The van der Waals surface area contributed by atoms with E-state index in [0.717, 1.165) is 22.5 Å². The topological polar surface area (TPSA) is 29.1 Å². The Morgan fingerprint density at radius 3 is 2.74 bits per heavy atom. The molecule has 1 heterocycles. The maximum Gasteiger partial charge on any atom is 0.265 e. The van der Waals surface area contributed by atoms with Crippen LogP contribution in [0.4, 0.5) is 5.69 Å². The Labute approximate surface area is 122 Å². The van der Waals surface area contributed by atoms with Crippen molar-refractivity contribution < 1.29 is 4.79 Å². The van der Waals surface area contributed by atoms with Crippen molar-refractivity contribution in [1.82, 2.24) is 0 Å². The maximum absolute atomic E-state index is 12.2. The van der Waals surface area contributed by atoms with Crippen LogP contribution >= 0.6 is 22.9 Å². The summed E-state index contributed by atoms with van der Waals surface area (Å²) in [6.07, 6.45) is 0.958. The van der Waals surface area contributed by atoms with Crippen LogP contribution in [0, 0.1) is 13.8 Å². The van der Waals surface area contributed by atoms with Gasteiger partial charge in [0, 0.05) is 15.6 Å². The average molecular weight is 294 g/mol. The molecule has 2 aromatic rings. The first-order chi connectivity index (χ1) is 9.02. The number of hydrogen-bond donors (Lipinski definition) is 1. The van der Waals surface area contributed by atoms with E-state index in [9.17, 15) is 4.79 Å². The van der Waals surface area contributed by atoms with Gasteiger partial charge in [-0.3, -0.25) is 4.79 Å². The number of nitrogens with one attached hydrogen (secondary N) is 1. The van der Waals surface area contributed by atoms with Gasteiger partial charge >= 0.3 is 0 Å². The molecule has 4 heteroatoms. The Bertz CT molecular complexity index is 619. The largest absolute Gasteiger partial charge is 0.321 e. The fourth-order valence-corrected chi connectivity index (χ4v) is 3.09. The lowest BCUT2D eigenvalue weighted by atomic mass is 10.2. The van der Waals surface area contributed by atoms with Gasteiger partial charge < -0.3 is 5.32 Å². The molecule has 0 aliphatic heterocycles. The third kappa shape index (κ3) is 2.99. The molecule has 19 heavy (non-hydrogen) atoms. The molecule has 0 bridgehead atoms. The van der Waals surface area contributed by atoms with Crippen LogP contribution in [-0.2, 0) is 6.42 Å². The lowest BCUT2D eigenvalue weighted by molar-refractivity contribution is 0.103. The van der Waals surface area contributed by atoms with E-state index >= 15 is 0 Å². The predicted octanol–water partition coefficient (Wildman–Crippen LogP) is 4.83. The Morgan fingerprint density at radius 1 is 1.37 bits per heavy atom. The Morgan fingerprint density at radius 2 is 2.11 bits per heavy atom. The summed E-state index contributed by atoms with van der Waals surface area (Å²) in [7, 11) is 0. The van der Waals surface area contributed by atoms with Crippen LogP contribution < -0.4 is 5.32 Å². The van der Waals surface area contributed by atoms with E-state index in [0.29, 0.717) is 5.02 Å². The number of anilines is 1. The SMILES string of the molecule is CCc1sc(C(=O)Nc2cccc(Cl)c2C)cc1C. The Balaban J connectivity index is 2.23. The lowest BCUT2D eigenvalue weighted by Gasteiger charge is -2.08. The summed E-state index contributed by atoms with van der Waals surface area (Å²) >= 11 is 7.60. The second-order valence-corrected chi connectivity index (χ2v) is 5.98. The third-order valence-corrected chi connectivity index (χ3v) is 4.87. The second-order valence-electron chi connectivity index (χ2n) is 4.44. The van der Waals surface area contributed by atoms with Gasteiger partial charge in [-0.05, 0) is 49.6 Å². The van der Waals surface area contributed by atoms with Crippen molar-refractivity contribution >= 4 is 34.5 Å². The molecule has 0 saturated heterocycles. The molecule has 0 saturated carbocycles. The summed E-state index contributed by atoms with van der Waals surface area (Å²) in [5.74, 6) is -0.0711. The molecule has 0 spiro atoms. The third-order valence-electron chi connectivity index (χ3n) is 3.08. The van der Waals surface area contributed by atoms with Gasteiger partial charge in [0.2, 0.25) is 0 Å². The van der Waals surface area contributed by atoms with Crippen molar-refractivity contribution in [3.8, 4) is 0 Å². The summed E-state index contributed by atoms with van der Waals surface area (Å²) < 4.78 is 0. The fourth-order valence-electron chi connectivity index (χ4n) is 1.91. The van der Waals surface area contributed by atoms with Gasteiger partial charge in [0.05, 0.1) is 4.88 Å². The zero-order chi connectivity index (χ0) is 14.0. The molecule has 1 aromatic carbocycles. The first-order valence-corrected chi connectivity index (χ1v) is 7.38. The molecule has 2 rings (SSSR count). The number of halogens is 1. The van der Waals surface area contributed by atoms with Crippen LogP contribution in [0.1, 0.15) is 32.6 Å². The minimum Gasteiger partial charge on any atom is -0.321 e. The summed E-state index contributed by atoms with van der Waals surface area (Å²) in [5, 5.41) is 3.58. The van der Waals surface area contributed by atoms with Crippen molar-refractivity contribution in [2.24, 2.45) is 0 Å². The van der Waals surface area contributed by atoms with E-state index in [1.165, 1.54) is 10.4 Å². The number of carbonyl (C=O) groups is 1. The predicted molar refractivity (Wildman–Crippen MR) is 82.6 cm³/mol. The first-order valence-electron chi connectivity index (χ1n) is 6.18. The molecule has 0 fully saturated rings. The highest BCUT2D eigenvalue weighted by Crippen LogP contribution is 2.26. The van der Waals surface area contributed by atoms with Gasteiger partial charge in [-0.2, -0.15) is 0 Å². The second kappa shape index (κ2) is 5.76. The van der Waals surface area contributed by atoms with E-state index in [-0.39, 0.29) is 5.91 Å². The van der Waals surface area contributed by atoms with E-state index in [1.807, 2.05) is 38.1 Å². The van der Waals surface area contributed by atoms with Crippen LogP contribution in [0.2, 0.25) is 5.02 Å². The van der Waals surface area contributed by atoms with Gasteiger partial charge in [-0.25, -0.2) is 0 Å². The molecule has 0 radical (unpaired) electrons. The van der Waals surface area contributed by atoms with Crippen molar-refractivity contribution in [3.05, 3.63) is 50.2 Å². The molecule has 0 aliphatic carbocycles. The number of rotatable bonds is 3. The van der Waals surface area contributed by atoms with Crippen molar-refractivity contribution in [2.45, 2.75) is 27.2 Å². The van der Waals surface area contributed by atoms with Gasteiger partial charge in [0.15, 0.2) is 0 Å². The normalized spacial score (nSPS) is 10.5. The number of amides is 1. The lowest BCUT2D eigenvalue weighted by Crippen LogP contribution is -2.11. The smallest absolute Gasteiger partial charge is 0.265 e. The summed E-state index contributed by atoms with van der Waals surface area (Å²) in [4.78, 5) is 14.2. The number of thiophene rings is 1. The van der Waals surface area contributed by atoms with Gasteiger partial charge in [0.25, 0.3) is 5.91 Å². The van der Waals surface area contributed by atoms with Crippen molar-refractivity contribution in [1.29, 1.82) is 0 Å². The summed E-state index contributed by atoms with van der Waals surface area (Å²) in [6.45, 7) is 6.04. The van der Waals surface area contributed by atoms with E-state index in [4.69, 9.17) is 11.6 Å². The molecule has 2 nitrogen and oxygen atoms in total. The van der Waals surface area contributed by atoms with E-state index in [2.05, 4.69) is 12.2 Å². The summed E-state index contributed by atoms with van der Waals surface area (Å²) in [6, 6.07) is 7.46. The first kappa shape index (κ1) is 14.1. The molecule has 100 valence electrons. The number of benzene rings is 1. The molecule has 1 amide bonds. The standard InChI is InChI=1S/C15H16ClNOS/c1-4-13-9(2)8-14(19-13)15(18)17-12-7-5-6-11(16)10(12)3/h5-8H,4H2,1-3H3,(H,17,18). The molecule has 1 aromatic heterocycles. The Kier molecular flexibility index (Phi) is 4.27. The highest BCUT2D eigenvalue weighted by atomic mass is 35.5. The number of hydrogen-bond acceptors (Lipinski definition) is 2. The molecular weight excluding hydrogens is 278 g/mol. The highest BCUT2D eigenvalue weighted by Gasteiger charge is 2.13. The molecule has 0 atom stereocenters. The van der Waals surface area contributed by atoms with Crippen molar-refractivity contribution in [3.63, 3.8) is 0 Å². The minimum absolute atomic E-state index is 0.0711. The molecule has 0 unspecified atom stereocenters. The number of carbonyl (C=O) groups excluding carboxylic acids is 1. The zero-order valence-corrected chi connectivity index (χ0v) is 12.8. The monoisotopic (exact) mass is 293 g/mol. The van der Waals surface area contributed by atoms with Crippen LogP contribution in [0.15, 0.2) is 24.3 Å². The zero-order valence-electron chi connectivity index (χ0n) is 11.2. The van der Waals surface area contributed by atoms with Crippen LogP contribution in [0.25, 0.3) is 0 Å². The molecule has 1 N–H and O–H groups in total. The molecule has 0 aliphatic rings. The number of aryl methyl sites for hydroxylation is 2.